The lowest BCUT2D eigenvalue weighted by molar-refractivity contribution is 0.102. The topological polar surface area (TPSA) is 45.2 Å². The Labute approximate surface area is 123 Å². The summed E-state index contributed by atoms with van der Waals surface area (Å²) >= 11 is 5.78. The molecule has 1 heterocycles. The summed E-state index contributed by atoms with van der Waals surface area (Å²) in [5.74, 6) is -0.206. The fraction of sp³-hybridized carbons (Fsp3) is 0.200. The molecule has 0 aliphatic heterocycles. The Hall–Kier alpha value is -2.07. The Kier molecular flexibility index (Phi) is 4.25. The maximum absolute atomic E-state index is 12.1. The second kappa shape index (κ2) is 5.92. The lowest BCUT2D eigenvalue weighted by Gasteiger charge is -2.17. The molecule has 0 atom stereocenters. The van der Waals surface area contributed by atoms with Gasteiger partial charge in [-0.1, -0.05) is 17.7 Å². The first-order chi connectivity index (χ1) is 9.47. The summed E-state index contributed by atoms with van der Waals surface area (Å²) in [6.07, 6.45) is 1.51. The monoisotopic (exact) mass is 289 g/mol. The highest BCUT2D eigenvalue weighted by atomic mass is 35.5. The van der Waals surface area contributed by atoms with E-state index in [1.807, 2.05) is 44.1 Å². The van der Waals surface area contributed by atoms with E-state index in [1.165, 1.54) is 12.3 Å². The van der Waals surface area contributed by atoms with E-state index >= 15 is 0 Å². The molecule has 4 nitrogen and oxygen atoms in total. The van der Waals surface area contributed by atoms with Crippen molar-refractivity contribution < 1.29 is 4.79 Å². The largest absolute Gasteiger partial charge is 0.377 e. The Bertz CT molecular complexity index is 641. The molecule has 1 amide bonds. The number of aryl methyl sites for hydroxylation is 1. The van der Waals surface area contributed by atoms with Gasteiger partial charge in [0.05, 0.1) is 0 Å². The smallest absolute Gasteiger partial charge is 0.255 e. The minimum atomic E-state index is -0.206. The first-order valence-electron chi connectivity index (χ1n) is 6.18. The Balaban J connectivity index is 2.22. The van der Waals surface area contributed by atoms with Crippen LogP contribution >= 0.6 is 11.6 Å². The summed E-state index contributed by atoms with van der Waals surface area (Å²) in [5.41, 5.74) is 3.45. The summed E-state index contributed by atoms with van der Waals surface area (Å²) in [4.78, 5) is 18.0. The average molecular weight is 290 g/mol. The van der Waals surface area contributed by atoms with Crippen LogP contribution in [0.4, 0.5) is 11.4 Å². The van der Waals surface area contributed by atoms with Gasteiger partial charge >= 0.3 is 0 Å². The van der Waals surface area contributed by atoms with E-state index in [0.29, 0.717) is 10.7 Å². The summed E-state index contributed by atoms with van der Waals surface area (Å²) in [7, 11) is 3.94. The maximum Gasteiger partial charge on any atom is 0.255 e. The minimum Gasteiger partial charge on any atom is -0.377 e. The highest BCUT2D eigenvalue weighted by Crippen LogP contribution is 2.23. The number of halogens is 1. The van der Waals surface area contributed by atoms with Crippen molar-refractivity contribution in [3.63, 3.8) is 0 Å². The molecule has 2 rings (SSSR count). The quantitative estimate of drug-likeness (QED) is 0.881. The molecule has 0 bridgehead atoms. The molecule has 2 aromatic rings. The van der Waals surface area contributed by atoms with Crippen molar-refractivity contribution in [1.82, 2.24) is 4.98 Å². The summed E-state index contributed by atoms with van der Waals surface area (Å²) in [6, 6.07) is 8.96. The molecule has 0 aliphatic carbocycles. The van der Waals surface area contributed by atoms with E-state index in [2.05, 4.69) is 10.3 Å². The van der Waals surface area contributed by atoms with Gasteiger partial charge in [-0.05, 0) is 36.8 Å². The van der Waals surface area contributed by atoms with Crippen LogP contribution < -0.4 is 10.2 Å². The number of pyridine rings is 1. The maximum atomic E-state index is 12.1. The lowest BCUT2D eigenvalue weighted by Crippen LogP contribution is -2.14. The SMILES string of the molecule is Cc1ccc(NC(=O)c2ccnc(Cl)c2)cc1N(C)C. The van der Waals surface area contributed by atoms with Gasteiger partial charge in [0, 0.05) is 37.2 Å². The van der Waals surface area contributed by atoms with Gasteiger partial charge < -0.3 is 10.2 Å². The van der Waals surface area contributed by atoms with Crippen LogP contribution in [0.15, 0.2) is 36.5 Å². The van der Waals surface area contributed by atoms with Gasteiger partial charge in [0.1, 0.15) is 5.15 Å². The van der Waals surface area contributed by atoms with Crippen LogP contribution in [0.2, 0.25) is 5.15 Å². The van der Waals surface area contributed by atoms with Crippen LogP contribution in [0, 0.1) is 6.92 Å². The molecule has 0 radical (unpaired) electrons. The Morgan fingerprint density at radius 1 is 1.25 bits per heavy atom. The van der Waals surface area contributed by atoms with Crippen LogP contribution in [0.25, 0.3) is 0 Å². The molecule has 1 aromatic carbocycles. The Morgan fingerprint density at radius 3 is 2.65 bits per heavy atom. The molecular formula is C15H16ClN3O. The number of rotatable bonds is 3. The number of aromatic nitrogens is 1. The molecule has 5 heteroatoms. The molecule has 104 valence electrons. The van der Waals surface area contributed by atoms with Crippen molar-refractivity contribution in [1.29, 1.82) is 0 Å². The van der Waals surface area contributed by atoms with Gasteiger partial charge in [0.15, 0.2) is 0 Å². The minimum absolute atomic E-state index is 0.206. The molecule has 0 fully saturated rings. The molecule has 0 spiro atoms. The standard InChI is InChI=1S/C15H16ClN3O/c1-10-4-5-12(9-13(10)19(2)3)18-15(20)11-6-7-17-14(16)8-11/h4-9H,1-3H3,(H,18,20). The zero-order chi connectivity index (χ0) is 14.7. The van der Waals surface area contributed by atoms with Gasteiger partial charge in [0.25, 0.3) is 5.91 Å². The predicted octanol–water partition coefficient (Wildman–Crippen LogP) is 3.36. The second-order valence-corrected chi connectivity index (χ2v) is 5.10. The van der Waals surface area contributed by atoms with Crippen molar-refractivity contribution in [2.24, 2.45) is 0 Å². The summed E-state index contributed by atoms with van der Waals surface area (Å²) < 4.78 is 0. The van der Waals surface area contributed by atoms with Crippen molar-refractivity contribution in [2.45, 2.75) is 6.92 Å². The molecule has 1 aromatic heterocycles. The van der Waals surface area contributed by atoms with E-state index in [0.717, 1.165) is 16.9 Å². The number of nitrogens with one attached hydrogen (secondary N) is 1. The number of carbonyl (C=O) groups excluding carboxylic acids is 1. The Morgan fingerprint density at radius 2 is 2.00 bits per heavy atom. The summed E-state index contributed by atoms with van der Waals surface area (Å²) in [6.45, 7) is 2.03. The normalized spacial score (nSPS) is 10.2. The number of amides is 1. The molecule has 0 saturated heterocycles. The predicted molar refractivity (Wildman–Crippen MR) is 82.7 cm³/mol. The first kappa shape index (κ1) is 14.3. The third kappa shape index (κ3) is 3.27. The first-order valence-corrected chi connectivity index (χ1v) is 6.56. The molecular weight excluding hydrogens is 274 g/mol. The average Bonchev–Trinajstić information content (AvgIpc) is 2.40. The molecule has 1 N–H and O–H groups in total. The molecule has 0 aliphatic rings. The number of hydrogen-bond acceptors (Lipinski definition) is 3. The summed E-state index contributed by atoms with van der Waals surface area (Å²) in [5, 5.41) is 3.16. The number of anilines is 2. The molecule has 0 saturated carbocycles. The third-order valence-electron chi connectivity index (χ3n) is 2.94. The van der Waals surface area contributed by atoms with Gasteiger partial charge in [-0.2, -0.15) is 0 Å². The van der Waals surface area contributed by atoms with Crippen LogP contribution in [0.1, 0.15) is 15.9 Å². The number of hydrogen-bond donors (Lipinski definition) is 1. The fourth-order valence-corrected chi connectivity index (χ4v) is 2.09. The van der Waals surface area contributed by atoms with Crippen LogP contribution in [-0.2, 0) is 0 Å². The fourth-order valence-electron chi connectivity index (χ4n) is 1.92. The van der Waals surface area contributed by atoms with Crippen LogP contribution in [-0.4, -0.2) is 25.0 Å². The van der Waals surface area contributed by atoms with E-state index in [9.17, 15) is 4.79 Å². The van der Waals surface area contributed by atoms with Gasteiger partial charge in [-0.3, -0.25) is 4.79 Å². The molecule has 0 unspecified atom stereocenters. The van der Waals surface area contributed by atoms with Crippen molar-refractivity contribution in [3.8, 4) is 0 Å². The number of carbonyl (C=O) groups is 1. The van der Waals surface area contributed by atoms with Gasteiger partial charge in [0.2, 0.25) is 0 Å². The van der Waals surface area contributed by atoms with Crippen LogP contribution in [0.5, 0.6) is 0 Å². The van der Waals surface area contributed by atoms with Crippen molar-refractivity contribution >= 4 is 28.9 Å². The van der Waals surface area contributed by atoms with E-state index in [-0.39, 0.29) is 5.91 Å². The highest BCUT2D eigenvalue weighted by Gasteiger charge is 2.08. The number of benzene rings is 1. The van der Waals surface area contributed by atoms with Crippen molar-refractivity contribution in [2.75, 3.05) is 24.3 Å². The van der Waals surface area contributed by atoms with E-state index in [1.54, 1.807) is 6.07 Å². The second-order valence-electron chi connectivity index (χ2n) is 4.72. The molecule has 20 heavy (non-hydrogen) atoms. The zero-order valence-electron chi connectivity index (χ0n) is 11.6. The third-order valence-corrected chi connectivity index (χ3v) is 3.14. The van der Waals surface area contributed by atoms with E-state index in [4.69, 9.17) is 11.6 Å². The van der Waals surface area contributed by atoms with E-state index < -0.39 is 0 Å². The highest BCUT2D eigenvalue weighted by molar-refractivity contribution is 6.29. The van der Waals surface area contributed by atoms with Crippen LogP contribution in [0.3, 0.4) is 0 Å². The van der Waals surface area contributed by atoms with Gasteiger partial charge in [-0.15, -0.1) is 0 Å². The van der Waals surface area contributed by atoms with Crippen molar-refractivity contribution in [3.05, 3.63) is 52.8 Å². The van der Waals surface area contributed by atoms with Gasteiger partial charge in [-0.25, -0.2) is 4.98 Å². The zero-order valence-corrected chi connectivity index (χ0v) is 12.4. The number of nitrogens with zero attached hydrogens (tertiary/aromatic N) is 2. The lowest BCUT2D eigenvalue weighted by atomic mass is 10.1.